The molecule has 0 unspecified atom stereocenters. The minimum atomic E-state index is -0.330. The Bertz CT molecular complexity index is 2250. The van der Waals surface area contributed by atoms with Gasteiger partial charge < -0.3 is 9.80 Å². The van der Waals surface area contributed by atoms with Crippen molar-refractivity contribution in [3.05, 3.63) is 188 Å². The monoisotopic (exact) mass is 604 g/mol. The highest BCUT2D eigenvalue weighted by Crippen LogP contribution is 2.44. The molecule has 8 aromatic rings. The van der Waals surface area contributed by atoms with E-state index in [9.17, 15) is 0 Å². The SMILES string of the molecule is CC(C)(c1ccccc1)N(c1ccc(N(c2ccc3ccccc3c2)c2ccc3ccccc3c2)cc1)c1cccc2ccccc12. The average molecular weight is 605 g/mol. The zero-order valence-corrected chi connectivity index (χ0v) is 26.7. The lowest BCUT2D eigenvalue weighted by atomic mass is 9.90. The molecule has 8 rings (SSSR count). The minimum absolute atomic E-state index is 0.330. The fourth-order valence-corrected chi connectivity index (χ4v) is 6.97. The molecule has 0 aliphatic rings. The van der Waals surface area contributed by atoms with Gasteiger partial charge in [0, 0.05) is 33.8 Å². The van der Waals surface area contributed by atoms with Crippen LogP contribution in [-0.2, 0) is 5.54 Å². The molecular formula is C45H36N2. The highest BCUT2D eigenvalue weighted by atomic mass is 15.2. The first-order chi connectivity index (χ1) is 23.1. The van der Waals surface area contributed by atoms with Gasteiger partial charge in [-0.25, -0.2) is 0 Å². The molecule has 0 atom stereocenters. The van der Waals surface area contributed by atoms with Crippen molar-refractivity contribution in [2.45, 2.75) is 19.4 Å². The maximum atomic E-state index is 2.49. The summed E-state index contributed by atoms with van der Waals surface area (Å²) in [6, 6.07) is 65.8. The van der Waals surface area contributed by atoms with Crippen molar-refractivity contribution in [3.8, 4) is 0 Å². The maximum Gasteiger partial charge on any atom is 0.0646 e. The van der Waals surface area contributed by atoms with Crippen molar-refractivity contribution in [3.63, 3.8) is 0 Å². The Morgan fingerprint density at radius 3 is 1.45 bits per heavy atom. The van der Waals surface area contributed by atoms with Gasteiger partial charge in [-0.05, 0) is 101 Å². The Labute approximate surface area is 276 Å². The highest BCUT2D eigenvalue weighted by Gasteiger charge is 2.31. The predicted molar refractivity (Wildman–Crippen MR) is 202 cm³/mol. The average Bonchev–Trinajstić information content (AvgIpc) is 3.13. The summed E-state index contributed by atoms with van der Waals surface area (Å²) in [7, 11) is 0. The highest BCUT2D eigenvalue weighted by molar-refractivity contribution is 5.97. The van der Waals surface area contributed by atoms with Crippen molar-refractivity contribution in [2.24, 2.45) is 0 Å². The van der Waals surface area contributed by atoms with E-state index in [1.807, 2.05) is 0 Å². The van der Waals surface area contributed by atoms with Gasteiger partial charge in [-0.3, -0.25) is 0 Å². The second kappa shape index (κ2) is 11.8. The van der Waals surface area contributed by atoms with Crippen LogP contribution in [0.5, 0.6) is 0 Å². The summed E-state index contributed by atoms with van der Waals surface area (Å²) in [5, 5.41) is 7.38. The number of fused-ring (bicyclic) bond motifs is 3. The number of hydrogen-bond donors (Lipinski definition) is 0. The van der Waals surface area contributed by atoms with Gasteiger partial charge in [0.05, 0.1) is 5.54 Å². The summed E-state index contributed by atoms with van der Waals surface area (Å²) in [5.74, 6) is 0. The van der Waals surface area contributed by atoms with Crippen LogP contribution < -0.4 is 9.80 Å². The summed E-state index contributed by atoms with van der Waals surface area (Å²) in [6.07, 6.45) is 0. The van der Waals surface area contributed by atoms with Gasteiger partial charge in [0.15, 0.2) is 0 Å². The molecule has 47 heavy (non-hydrogen) atoms. The Balaban J connectivity index is 1.29. The van der Waals surface area contributed by atoms with Crippen LogP contribution in [0.2, 0.25) is 0 Å². The van der Waals surface area contributed by atoms with Crippen molar-refractivity contribution in [1.29, 1.82) is 0 Å². The maximum absolute atomic E-state index is 2.49. The molecule has 0 spiro atoms. The summed E-state index contributed by atoms with van der Waals surface area (Å²) in [5.41, 5.74) is 6.61. The predicted octanol–water partition coefficient (Wildman–Crippen LogP) is 12.7. The first-order valence-electron chi connectivity index (χ1n) is 16.3. The lowest BCUT2D eigenvalue weighted by Gasteiger charge is -2.42. The van der Waals surface area contributed by atoms with Crippen molar-refractivity contribution in [1.82, 2.24) is 0 Å². The van der Waals surface area contributed by atoms with Gasteiger partial charge in [-0.2, -0.15) is 0 Å². The molecule has 0 radical (unpaired) electrons. The number of hydrogen-bond acceptors (Lipinski definition) is 2. The third-order valence-electron chi connectivity index (χ3n) is 9.40. The van der Waals surface area contributed by atoms with E-state index in [1.165, 1.54) is 43.6 Å². The van der Waals surface area contributed by atoms with Gasteiger partial charge in [0.25, 0.3) is 0 Å². The second-order valence-corrected chi connectivity index (χ2v) is 12.7. The van der Waals surface area contributed by atoms with E-state index >= 15 is 0 Å². The molecule has 0 aromatic heterocycles. The number of rotatable bonds is 7. The third-order valence-corrected chi connectivity index (χ3v) is 9.40. The fraction of sp³-hybridized carbons (Fsp3) is 0.0667. The lowest BCUT2D eigenvalue weighted by Crippen LogP contribution is -2.38. The lowest BCUT2D eigenvalue weighted by molar-refractivity contribution is 0.537. The van der Waals surface area contributed by atoms with E-state index in [-0.39, 0.29) is 5.54 Å². The molecule has 0 saturated carbocycles. The van der Waals surface area contributed by atoms with E-state index in [0.717, 1.165) is 22.7 Å². The van der Waals surface area contributed by atoms with E-state index < -0.39 is 0 Å². The molecule has 0 aliphatic carbocycles. The van der Waals surface area contributed by atoms with Crippen molar-refractivity contribution in [2.75, 3.05) is 9.80 Å². The molecule has 0 fully saturated rings. The summed E-state index contributed by atoms with van der Waals surface area (Å²) >= 11 is 0. The van der Waals surface area contributed by atoms with Crippen molar-refractivity contribution >= 4 is 60.8 Å². The van der Waals surface area contributed by atoms with E-state index in [1.54, 1.807) is 0 Å². The smallest absolute Gasteiger partial charge is 0.0646 e. The number of benzene rings is 8. The van der Waals surface area contributed by atoms with E-state index in [4.69, 9.17) is 0 Å². The molecular weight excluding hydrogens is 569 g/mol. The van der Waals surface area contributed by atoms with Gasteiger partial charge >= 0.3 is 0 Å². The van der Waals surface area contributed by atoms with Crippen LogP contribution in [0.3, 0.4) is 0 Å². The van der Waals surface area contributed by atoms with Gasteiger partial charge in [-0.15, -0.1) is 0 Å². The van der Waals surface area contributed by atoms with Crippen LogP contribution in [0.25, 0.3) is 32.3 Å². The summed E-state index contributed by atoms with van der Waals surface area (Å²) in [4.78, 5) is 4.86. The quantitative estimate of drug-likeness (QED) is 0.179. The molecule has 2 nitrogen and oxygen atoms in total. The van der Waals surface area contributed by atoms with Crippen LogP contribution in [0.15, 0.2) is 182 Å². The number of nitrogens with zero attached hydrogens (tertiary/aromatic N) is 2. The Morgan fingerprint density at radius 2 is 0.830 bits per heavy atom. The fourth-order valence-electron chi connectivity index (χ4n) is 6.97. The van der Waals surface area contributed by atoms with Crippen LogP contribution in [0, 0.1) is 0 Å². The van der Waals surface area contributed by atoms with Crippen LogP contribution in [-0.4, -0.2) is 0 Å². The normalized spacial score (nSPS) is 11.6. The summed E-state index contributed by atoms with van der Waals surface area (Å²) in [6.45, 7) is 4.63. The van der Waals surface area contributed by atoms with Gasteiger partial charge in [0.2, 0.25) is 0 Å². The second-order valence-electron chi connectivity index (χ2n) is 12.7. The third kappa shape index (κ3) is 5.28. The molecule has 2 heteroatoms. The molecule has 8 aromatic carbocycles. The molecule has 0 bridgehead atoms. The van der Waals surface area contributed by atoms with Crippen LogP contribution in [0.4, 0.5) is 28.4 Å². The molecule has 226 valence electrons. The van der Waals surface area contributed by atoms with E-state index in [2.05, 4.69) is 206 Å². The molecule has 0 N–H and O–H groups in total. The Hall–Kier alpha value is -5.86. The first kappa shape index (κ1) is 28.6. The Morgan fingerprint density at radius 1 is 0.362 bits per heavy atom. The zero-order valence-electron chi connectivity index (χ0n) is 26.7. The van der Waals surface area contributed by atoms with Gasteiger partial charge in [-0.1, -0.05) is 127 Å². The van der Waals surface area contributed by atoms with Crippen LogP contribution >= 0.6 is 0 Å². The van der Waals surface area contributed by atoms with E-state index in [0.29, 0.717) is 0 Å². The summed E-state index contributed by atoms with van der Waals surface area (Å²) < 4.78 is 0. The standard InChI is InChI=1S/C45H36N2/c1-45(2,38-19-4-3-5-20-38)47(44-22-12-18-35-15-10-11-21-43(35)44)40-29-27-39(28-30-40)46(41-25-23-33-13-6-8-16-36(33)31-41)42-26-24-34-14-7-9-17-37(34)32-42/h3-32H,1-2H3. The number of anilines is 5. The van der Waals surface area contributed by atoms with Crippen molar-refractivity contribution < 1.29 is 0 Å². The largest absolute Gasteiger partial charge is 0.331 e. The topological polar surface area (TPSA) is 6.48 Å². The Kier molecular flexibility index (Phi) is 7.19. The molecule has 0 aliphatic heterocycles. The molecule has 0 saturated heterocycles. The van der Waals surface area contributed by atoms with Gasteiger partial charge in [0.1, 0.15) is 0 Å². The first-order valence-corrected chi connectivity index (χ1v) is 16.3. The minimum Gasteiger partial charge on any atom is -0.331 e. The molecule has 0 amide bonds. The van der Waals surface area contributed by atoms with Crippen LogP contribution in [0.1, 0.15) is 19.4 Å². The zero-order chi connectivity index (χ0) is 31.8. The molecule has 0 heterocycles.